The summed E-state index contributed by atoms with van der Waals surface area (Å²) in [6.07, 6.45) is 4.28. The minimum absolute atomic E-state index is 0.124. The van der Waals surface area contributed by atoms with Crippen molar-refractivity contribution in [3.05, 3.63) is 23.9 Å². The summed E-state index contributed by atoms with van der Waals surface area (Å²) >= 11 is 0. The molecule has 4 heteroatoms. The summed E-state index contributed by atoms with van der Waals surface area (Å²) in [6, 6.07) is 4.21. The van der Waals surface area contributed by atoms with E-state index in [2.05, 4.69) is 42.0 Å². The number of anilines is 1. The van der Waals surface area contributed by atoms with E-state index in [4.69, 9.17) is 4.74 Å². The number of rotatable bonds is 5. The SMILES string of the molecule is COCC1CCN(c2ncccc2CNC(C)(C)C)CC1. The molecule has 1 aliphatic rings. The Bertz CT molecular complexity index is 434. The van der Waals surface area contributed by atoms with E-state index in [1.165, 1.54) is 18.4 Å². The maximum Gasteiger partial charge on any atom is 0.133 e. The number of ether oxygens (including phenoxy) is 1. The van der Waals surface area contributed by atoms with Gasteiger partial charge in [0.2, 0.25) is 0 Å². The standard InChI is InChI=1S/C17H29N3O/c1-17(2,3)19-12-15-6-5-9-18-16(15)20-10-7-14(8-11-20)13-21-4/h5-6,9,14,19H,7-8,10-13H2,1-4H3. The van der Waals surface area contributed by atoms with Gasteiger partial charge >= 0.3 is 0 Å². The molecule has 1 N–H and O–H groups in total. The van der Waals surface area contributed by atoms with Crippen molar-refractivity contribution in [2.75, 3.05) is 31.7 Å². The molecule has 2 heterocycles. The monoisotopic (exact) mass is 291 g/mol. The van der Waals surface area contributed by atoms with Crippen LogP contribution in [-0.4, -0.2) is 37.3 Å². The lowest BCUT2D eigenvalue weighted by molar-refractivity contribution is 0.139. The van der Waals surface area contributed by atoms with Crippen molar-refractivity contribution in [2.45, 2.75) is 45.7 Å². The second-order valence-electron chi connectivity index (χ2n) is 6.98. The first-order chi connectivity index (χ1) is 9.99. The van der Waals surface area contributed by atoms with Gasteiger partial charge < -0.3 is 15.0 Å². The van der Waals surface area contributed by atoms with Gasteiger partial charge in [-0.2, -0.15) is 0 Å². The van der Waals surface area contributed by atoms with Gasteiger partial charge in [-0.25, -0.2) is 4.98 Å². The number of nitrogens with one attached hydrogen (secondary N) is 1. The normalized spacial score (nSPS) is 17.2. The minimum atomic E-state index is 0.124. The first-order valence-electron chi connectivity index (χ1n) is 7.92. The Morgan fingerprint density at radius 1 is 1.33 bits per heavy atom. The van der Waals surface area contributed by atoms with Gasteiger partial charge in [0, 0.05) is 50.7 Å². The van der Waals surface area contributed by atoms with Crippen molar-refractivity contribution in [1.82, 2.24) is 10.3 Å². The molecule has 0 aromatic carbocycles. The Morgan fingerprint density at radius 3 is 2.67 bits per heavy atom. The van der Waals surface area contributed by atoms with Crippen LogP contribution in [0, 0.1) is 5.92 Å². The molecule has 0 aliphatic carbocycles. The predicted molar refractivity (Wildman–Crippen MR) is 87.6 cm³/mol. The molecule has 0 unspecified atom stereocenters. The van der Waals surface area contributed by atoms with Crippen molar-refractivity contribution >= 4 is 5.82 Å². The molecule has 1 aromatic heterocycles. The van der Waals surface area contributed by atoms with Crippen LogP contribution < -0.4 is 10.2 Å². The lowest BCUT2D eigenvalue weighted by Gasteiger charge is -2.34. The summed E-state index contributed by atoms with van der Waals surface area (Å²) < 4.78 is 5.28. The average molecular weight is 291 g/mol. The third-order valence-corrected chi connectivity index (χ3v) is 3.99. The number of aromatic nitrogens is 1. The molecule has 21 heavy (non-hydrogen) atoms. The number of hydrogen-bond acceptors (Lipinski definition) is 4. The second kappa shape index (κ2) is 7.23. The number of methoxy groups -OCH3 is 1. The maximum atomic E-state index is 5.28. The van der Waals surface area contributed by atoms with Gasteiger partial charge in [-0.15, -0.1) is 0 Å². The molecule has 0 radical (unpaired) electrons. The smallest absolute Gasteiger partial charge is 0.133 e. The van der Waals surface area contributed by atoms with Crippen LogP contribution >= 0.6 is 0 Å². The molecule has 0 bridgehead atoms. The number of nitrogens with zero attached hydrogens (tertiary/aromatic N) is 2. The number of hydrogen-bond donors (Lipinski definition) is 1. The summed E-state index contributed by atoms with van der Waals surface area (Å²) in [4.78, 5) is 7.05. The van der Waals surface area contributed by atoms with Crippen molar-refractivity contribution in [1.29, 1.82) is 0 Å². The van der Waals surface area contributed by atoms with Gasteiger partial charge in [-0.3, -0.25) is 0 Å². The molecule has 0 spiro atoms. The Balaban J connectivity index is 2.00. The lowest BCUT2D eigenvalue weighted by Crippen LogP contribution is -2.38. The van der Waals surface area contributed by atoms with Crippen LogP contribution in [0.3, 0.4) is 0 Å². The summed E-state index contributed by atoms with van der Waals surface area (Å²) in [6.45, 7) is 10.5. The molecule has 0 amide bonds. The molecule has 1 aliphatic heterocycles. The highest BCUT2D eigenvalue weighted by Crippen LogP contribution is 2.25. The fourth-order valence-corrected chi connectivity index (χ4v) is 2.76. The quantitative estimate of drug-likeness (QED) is 0.905. The van der Waals surface area contributed by atoms with E-state index in [9.17, 15) is 0 Å². The summed E-state index contributed by atoms with van der Waals surface area (Å²) in [7, 11) is 1.79. The first kappa shape index (κ1) is 16.2. The van der Waals surface area contributed by atoms with Gasteiger partial charge in [0.1, 0.15) is 5.82 Å². The zero-order valence-electron chi connectivity index (χ0n) is 13.9. The van der Waals surface area contributed by atoms with Gasteiger partial charge in [0.05, 0.1) is 0 Å². The molecular formula is C17H29N3O. The van der Waals surface area contributed by atoms with Gasteiger partial charge in [-0.05, 0) is 45.6 Å². The summed E-state index contributed by atoms with van der Waals surface area (Å²) in [5, 5.41) is 3.56. The molecular weight excluding hydrogens is 262 g/mol. The third-order valence-electron chi connectivity index (χ3n) is 3.99. The van der Waals surface area contributed by atoms with Crippen LogP contribution in [0.4, 0.5) is 5.82 Å². The zero-order chi connectivity index (χ0) is 15.3. The second-order valence-corrected chi connectivity index (χ2v) is 6.98. The molecule has 2 rings (SSSR count). The molecule has 0 atom stereocenters. The van der Waals surface area contributed by atoms with Crippen molar-refractivity contribution in [3.63, 3.8) is 0 Å². The number of pyridine rings is 1. The zero-order valence-corrected chi connectivity index (χ0v) is 13.9. The topological polar surface area (TPSA) is 37.4 Å². The van der Waals surface area contributed by atoms with Gasteiger partial charge in [-0.1, -0.05) is 6.07 Å². The van der Waals surface area contributed by atoms with Crippen molar-refractivity contribution in [2.24, 2.45) is 5.92 Å². The Kier molecular flexibility index (Phi) is 5.59. The highest BCUT2D eigenvalue weighted by atomic mass is 16.5. The van der Waals surface area contributed by atoms with E-state index < -0.39 is 0 Å². The minimum Gasteiger partial charge on any atom is -0.384 e. The van der Waals surface area contributed by atoms with Crippen LogP contribution in [0.1, 0.15) is 39.2 Å². The number of piperidine rings is 1. The molecule has 1 fully saturated rings. The molecule has 4 nitrogen and oxygen atoms in total. The lowest BCUT2D eigenvalue weighted by atomic mass is 9.97. The van der Waals surface area contributed by atoms with Crippen LogP contribution in [0.25, 0.3) is 0 Å². The average Bonchev–Trinajstić information content (AvgIpc) is 2.46. The van der Waals surface area contributed by atoms with Crippen molar-refractivity contribution < 1.29 is 4.74 Å². The molecule has 1 aromatic rings. The van der Waals surface area contributed by atoms with Crippen LogP contribution in [0.2, 0.25) is 0 Å². The predicted octanol–water partition coefficient (Wildman–Crippen LogP) is 2.83. The first-order valence-corrected chi connectivity index (χ1v) is 7.92. The van der Waals surface area contributed by atoms with E-state index in [0.29, 0.717) is 5.92 Å². The Labute approximate surface area is 128 Å². The van der Waals surface area contributed by atoms with Gasteiger partial charge in [0.25, 0.3) is 0 Å². The largest absolute Gasteiger partial charge is 0.384 e. The van der Waals surface area contributed by atoms with Crippen LogP contribution in [-0.2, 0) is 11.3 Å². The highest BCUT2D eigenvalue weighted by Gasteiger charge is 2.22. The molecule has 0 saturated carbocycles. The maximum absolute atomic E-state index is 5.28. The molecule has 1 saturated heterocycles. The van der Waals surface area contributed by atoms with E-state index in [1.807, 2.05) is 12.3 Å². The van der Waals surface area contributed by atoms with E-state index in [-0.39, 0.29) is 5.54 Å². The van der Waals surface area contributed by atoms with E-state index in [0.717, 1.165) is 32.1 Å². The summed E-state index contributed by atoms with van der Waals surface area (Å²) in [5.41, 5.74) is 1.41. The Morgan fingerprint density at radius 2 is 2.05 bits per heavy atom. The fraction of sp³-hybridized carbons (Fsp3) is 0.706. The fourth-order valence-electron chi connectivity index (χ4n) is 2.76. The summed E-state index contributed by atoms with van der Waals surface area (Å²) in [5.74, 6) is 1.84. The van der Waals surface area contributed by atoms with Crippen LogP contribution in [0.5, 0.6) is 0 Å². The third kappa shape index (κ3) is 4.97. The van der Waals surface area contributed by atoms with Crippen LogP contribution in [0.15, 0.2) is 18.3 Å². The van der Waals surface area contributed by atoms with E-state index in [1.54, 1.807) is 7.11 Å². The Hall–Kier alpha value is -1.13. The highest BCUT2D eigenvalue weighted by molar-refractivity contribution is 5.47. The molecule has 118 valence electrons. The van der Waals surface area contributed by atoms with E-state index >= 15 is 0 Å². The van der Waals surface area contributed by atoms with Crippen molar-refractivity contribution in [3.8, 4) is 0 Å². The van der Waals surface area contributed by atoms with Gasteiger partial charge in [0.15, 0.2) is 0 Å².